The summed E-state index contributed by atoms with van der Waals surface area (Å²) in [5.41, 5.74) is 0. The molecule has 0 radical (unpaired) electrons. The summed E-state index contributed by atoms with van der Waals surface area (Å²) in [6, 6.07) is 0. The number of hydrogen-bond acceptors (Lipinski definition) is 3. The second-order valence-corrected chi connectivity index (χ2v) is 3.04. The first kappa shape index (κ1) is 10.9. The first-order valence-corrected chi connectivity index (χ1v) is 4.04. The second-order valence-electron chi connectivity index (χ2n) is 3.04. The molecule has 0 saturated heterocycles. The van der Waals surface area contributed by atoms with Crippen LogP contribution in [0.25, 0.3) is 0 Å². The lowest BCUT2D eigenvalue weighted by molar-refractivity contribution is -0.0229. The number of ether oxygens (including phenoxy) is 1. The molecular formula is C8H18O3. The molecular weight excluding hydrogens is 144 g/mol. The van der Waals surface area contributed by atoms with Gasteiger partial charge in [0.05, 0.1) is 13.2 Å². The van der Waals surface area contributed by atoms with E-state index in [1.807, 2.05) is 0 Å². The molecule has 0 aliphatic heterocycles. The molecule has 3 heteroatoms. The van der Waals surface area contributed by atoms with E-state index in [1.165, 1.54) is 0 Å². The van der Waals surface area contributed by atoms with Crippen LogP contribution in [-0.2, 0) is 4.74 Å². The fourth-order valence-electron chi connectivity index (χ4n) is 0.634. The third-order valence-electron chi connectivity index (χ3n) is 1.46. The molecule has 0 bridgehead atoms. The Balaban J connectivity index is 3.21. The normalized spacial score (nSPS) is 11.5. The van der Waals surface area contributed by atoms with E-state index in [1.54, 1.807) is 0 Å². The summed E-state index contributed by atoms with van der Waals surface area (Å²) in [6.07, 6.45) is 0.574. The van der Waals surface area contributed by atoms with E-state index in [9.17, 15) is 0 Å². The number of hydrogen-bond donors (Lipinski definition) is 2. The van der Waals surface area contributed by atoms with Crippen molar-refractivity contribution in [1.29, 1.82) is 0 Å². The van der Waals surface area contributed by atoms with Crippen molar-refractivity contribution in [2.75, 3.05) is 19.8 Å². The van der Waals surface area contributed by atoms with Crippen LogP contribution in [0, 0.1) is 5.92 Å². The molecule has 0 spiro atoms. The standard InChI is InChI=1S/C8H18O3/c1-7(2)3-4-11-8(5-9)6-10/h7-10H,3-6H2,1-2H3. The van der Waals surface area contributed by atoms with Crippen LogP contribution in [0.2, 0.25) is 0 Å². The topological polar surface area (TPSA) is 49.7 Å². The van der Waals surface area contributed by atoms with Gasteiger partial charge in [0.1, 0.15) is 6.10 Å². The van der Waals surface area contributed by atoms with Crippen molar-refractivity contribution < 1.29 is 14.9 Å². The van der Waals surface area contributed by atoms with Crippen LogP contribution in [0.15, 0.2) is 0 Å². The Morgan fingerprint density at radius 1 is 1.18 bits per heavy atom. The molecule has 2 N–H and O–H groups in total. The van der Waals surface area contributed by atoms with Gasteiger partial charge < -0.3 is 14.9 Å². The molecule has 0 atom stereocenters. The van der Waals surface area contributed by atoms with E-state index in [2.05, 4.69) is 13.8 Å². The zero-order valence-electron chi connectivity index (χ0n) is 7.29. The van der Waals surface area contributed by atoms with E-state index in [0.717, 1.165) is 6.42 Å². The quantitative estimate of drug-likeness (QED) is 0.594. The van der Waals surface area contributed by atoms with Crippen molar-refractivity contribution in [3.05, 3.63) is 0 Å². The molecule has 0 amide bonds. The lowest BCUT2D eigenvalue weighted by Gasteiger charge is -2.12. The molecule has 0 heterocycles. The minimum atomic E-state index is -0.395. The molecule has 68 valence electrons. The van der Waals surface area contributed by atoms with Crippen LogP contribution in [0.3, 0.4) is 0 Å². The van der Waals surface area contributed by atoms with Crippen molar-refractivity contribution in [1.82, 2.24) is 0 Å². The van der Waals surface area contributed by atoms with Crippen molar-refractivity contribution in [2.24, 2.45) is 5.92 Å². The minimum Gasteiger partial charge on any atom is -0.394 e. The molecule has 0 aromatic rings. The SMILES string of the molecule is CC(C)CCOC(CO)CO. The molecule has 11 heavy (non-hydrogen) atoms. The molecule has 0 aromatic carbocycles. The molecule has 0 unspecified atom stereocenters. The average Bonchev–Trinajstić information content (AvgIpc) is 1.98. The van der Waals surface area contributed by atoms with Gasteiger partial charge in [0.2, 0.25) is 0 Å². The smallest absolute Gasteiger partial charge is 0.104 e. The maximum atomic E-state index is 8.61. The Kier molecular flexibility index (Phi) is 6.51. The maximum Gasteiger partial charge on any atom is 0.104 e. The van der Waals surface area contributed by atoms with Crippen LogP contribution in [-0.4, -0.2) is 36.1 Å². The zero-order valence-corrected chi connectivity index (χ0v) is 7.29. The largest absolute Gasteiger partial charge is 0.394 e. The Labute approximate surface area is 68.0 Å². The molecule has 0 aliphatic rings. The van der Waals surface area contributed by atoms with Crippen molar-refractivity contribution in [3.63, 3.8) is 0 Å². The summed E-state index contributed by atoms with van der Waals surface area (Å²) in [7, 11) is 0. The first-order chi connectivity index (χ1) is 5.20. The Morgan fingerprint density at radius 3 is 2.09 bits per heavy atom. The molecule has 0 fully saturated rings. The second kappa shape index (κ2) is 6.58. The summed E-state index contributed by atoms with van der Waals surface area (Å²) in [5, 5.41) is 17.2. The van der Waals surface area contributed by atoms with E-state index in [4.69, 9.17) is 14.9 Å². The lowest BCUT2D eigenvalue weighted by atomic mass is 10.1. The Hall–Kier alpha value is -0.120. The molecule has 3 nitrogen and oxygen atoms in total. The van der Waals surface area contributed by atoms with Gasteiger partial charge in [-0.25, -0.2) is 0 Å². The highest BCUT2D eigenvalue weighted by molar-refractivity contribution is 4.52. The van der Waals surface area contributed by atoms with Gasteiger partial charge in [-0.15, -0.1) is 0 Å². The lowest BCUT2D eigenvalue weighted by Crippen LogP contribution is -2.22. The third kappa shape index (κ3) is 6.28. The number of aliphatic hydroxyl groups is 2. The van der Waals surface area contributed by atoms with Crippen LogP contribution in [0.4, 0.5) is 0 Å². The fraction of sp³-hybridized carbons (Fsp3) is 1.00. The van der Waals surface area contributed by atoms with E-state index >= 15 is 0 Å². The Bertz CT molecular complexity index is 79.4. The summed E-state index contributed by atoms with van der Waals surface area (Å²) in [4.78, 5) is 0. The molecule has 0 aromatic heterocycles. The van der Waals surface area contributed by atoms with Crippen LogP contribution in [0.5, 0.6) is 0 Å². The highest BCUT2D eigenvalue weighted by atomic mass is 16.5. The number of aliphatic hydroxyl groups excluding tert-OH is 2. The summed E-state index contributed by atoms with van der Waals surface area (Å²) in [5.74, 6) is 0.605. The maximum absolute atomic E-state index is 8.61. The van der Waals surface area contributed by atoms with Gasteiger partial charge in [-0.2, -0.15) is 0 Å². The molecule has 0 rings (SSSR count). The van der Waals surface area contributed by atoms with Crippen molar-refractivity contribution >= 4 is 0 Å². The van der Waals surface area contributed by atoms with Crippen molar-refractivity contribution in [3.8, 4) is 0 Å². The molecule has 0 saturated carbocycles. The summed E-state index contributed by atoms with van der Waals surface area (Å²) < 4.78 is 5.15. The van der Waals surface area contributed by atoms with E-state index < -0.39 is 6.10 Å². The van der Waals surface area contributed by atoms with Gasteiger partial charge in [0.25, 0.3) is 0 Å². The average molecular weight is 162 g/mol. The Morgan fingerprint density at radius 2 is 1.73 bits per heavy atom. The van der Waals surface area contributed by atoms with Gasteiger partial charge in [0.15, 0.2) is 0 Å². The van der Waals surface area contributed by atoms with Gasteiger partial charge in [-0.3, -0.25) is 0 Å². The van der Waals surface area contributed by atoms with Gasteiger partial charge in [-0.05, 0) is 12.3 Å². The predicted molar refractivity (Wildman–Crippen MR) is 43.4 cm³/mol. The van der Waals surface area contributed by atoms with E-state index in [0.29, 0.717) is 12.5 Å². The molecule has 0 aliphatic carbocycles. The summed E-state index contributed by atoms with van der Waals surface area (Å²) >= 11 is 0. The number of rotatable bonds is 6. The minimum absolute atomic E-state index is 0.103. The van der Waals surface area contributed by atoms with E-state index in [-0.39, 0.29) is 13.2 Å². The first-order valence-electron chi connectivity index (χ1n) is 4.04. The summed E-state index contributed by atoms with van der Waals surface area (Å²) in [6.45, 7) is 4.62. The highest BCUT2D eigenvalue weighted by Crippen LogP contribution is 2.00. The third-order valence-corrected chi connectivity index (χ3v) is 1.46. The fourth-order valence-corrected chi connectivity index (χ4v) is 0.634. The van der Waals surface area contributed by atoms with Crippen molar-refractivity contribution in [2.45, 2.75) is 26.4 Å². The highest BCUT2D eigenvalue weighted by Gasteiger charge is 2.04. The van der Waals surface area contributed by atoms with Crippen LogP contribution in [0.1, 0.15) is 20.3 Å². The predicted octanol–water partition coefficient (Wildman–Crippen LogP) is 0.402. The van der Waals surface area contributed by atoms with Crippen LogP contribution < -0.4 is 0 Å². The van der Waals surface area contributed by atoms with Crippen LogP contribution >= 0.6 is 0 Å². The van der Waals surface area contributed by atoms with Gasteiger partial charge in [0, 0.05) is 6.61 Å². The van der Waals surface area contributed by atoms with Gasteiger partial charge in [-0.1, -0.05) is 13.8 Å². The van der Waals surface area contributed by atoms with Gasteiger partial charge >= 0.3 is 0 Å². The zero-order chi connectivity index (χ0) is 8.69. The monoisotopic (exact) mass is 162 g/mol.